The molecule has 2 N–H and O–H groups in total. The van der Waals surface area contributed by atoms with Gasteiger partial charge in [0.25, 0.3) is 0 Å². The number of pyridine rings is 1. The van der Waals surface area contributed by atoms with Crippen LogP contribution in [0.25, 0.3) is 5.57 Å². The number of amides is 1. The minimum absolute atomic E-state index is 0.0589. The molecule has 1 atom stereocenters. The molecule has 2 aromatic rings. The Morgan fingerprint density at radius 3 is 2.73 bits per heavy atom. The number of hydrogen-bond donors (Lipinski definition) is 2. The summed E-state index contributed by atoms with van der Waals surface area (Å²) in [6.07, 6.45) is 5.26. The number of fused-ring (bicyclic) bond motifs is 2. The van der Waals surface area contributed by atoms with Gasteiger partial charge in [0.1, 0.15) is 28.9 Å². The molecule has 2 aliphatic heterocycles. The van der Waals surface area contributed by atoms with Crippen molar-refractivity contribution in [2.45, 2.75) is 71.1 Å². The SMILES string of the molecule is CNC1CC(C(=O)N2CCc3nc(Nc4ncc(F)c(C5=CC(F)=C6N=C(C)N(C(C)C)C6C5)n4)ccc3C2)C1. The fourth-order valence-electron chi connectivity index (χ4n) is 6.22. The maximum atomic E-state index is 15.1. The van der Waals surface area contributed by atoms with E-state index in [1.165, 1.54) is 6.08 Å². The van der Waals surface area contributed by atoms with Gasteiger partial charge in [-0.15, -0.1) is 0 Å². The molecular formula is C29H34F2N8O. The Kier molecular flexibility index (Phi) is 6.85. The van der Waals surface area contributed by atoms with E-state index in [1.54, 1.807) is 0 Å². The van der Waals surface area contributed by atoms with Gasteiger partial charge in [-0.25, -0.2) is 28.7 Å². The van der Waals surface area contributed by atoms with Crippen LogP contribution >= 0.6 is 0 Å². The van der Waals surface area contributed by atoms with Gasteiger partial charge < -0.3 is 20.4 Å². The number of nitrogens with zero attached hydrogens (tertiary/aromatic N) is 6. The minimum atomic E-state index is -0.615. The molecule has 1 amide bonds. The quantitative estimate of drug-likeness (QED) is 0.561. The third kappa shape index (κ3) is 4.76. The third-order valence-corrected chi connectivity index (χ3v) is 8.37. The van der Waals surface area contributed by atoms with Crippen LogP contribution in [0.5, 0.6) is 0 Å². The maximum absolute atomic E-state index is 15.1. The first-order valence-electron chi connectivity index (χ1n) is 13.9. The number of amidine groups is 1. The van der Waals surface area contributed by atoms with Crippen molar-refractivity contribution < 1.29 is 13.6 Å². The summed E-state index contributed by atoms with van der Waals surface area (Å²) in [6.45, 7) is 7.10. The summed E-state index contributed by atoms with van der Waals surface area (Å²) < 4.78 is 30.0. The highest BCUT2D eigenvalue weighted by Gasteiger charge is 2.38. The van der Waals surface area contributed by atoms with E-state index in [4.69, 9.17) is 4.98 Å². The van der Waals surface area contributed by atoms with Gasteiger partial charge in [0, 0.05) is 49.6 Å². The molecule has 1 fully saturated rings. The molecule has 0 aromatic carbocycles. The van der Waals surface area contributed by atoms with Crippen LogP contribution in [0.4, 0.5) is 20.5 Å². The minimum Gasteiger partial charge on any atom is -0.349 e. The number of carbonyl (C=O) groups excluding carboxylic acids is 1. The molecule has 4 heterocycles. The summed E-state index contributed by atoms with van der Waals surface area (Å²) in [5.74, 6) is 0.700. The molecule has 210 valence electrons. The zero-order valence-electron chi connectivity index (χ0n) is 23.2. The van der Waals surface area contributed by atoms with Gasteiger partial charge in [0.15, 0.2) is 5.82 Å². The van der Waals surface area contributed by atoms with Gasteiger partial charge in [-0.1, -0.05) is 6.07 Å². The monoisotopic (exact) mass is 548 g/mol. The molecule has 0 bridgehead atoms. The lowest BCUT2D eigenvalue weighted by Gasteiger charge is -2.38. The molecule has 4 aliphatic rings. The number of allylic oxidation sites excluding steroid dienone is 2. The summed E-state index contributed by atoms with van der Waals surface area (Å²) in [4.78, 5) is 34.5. The smallest absolute Gasteiger partial charge is 0.229 e. The molecule has 1 saturated carbocycles. The van der Waals surface area contributed by atoms with Crippen molar-refractivity contribution in [2.24, 2.45) is 10.9 Å². The van der Waals surface area contributed by atoms with Gasteiger partial charge >= 0.3 is 0 Å². The average molecular weight is 549 g/mol. The standard InChI is InChI=1S/C29H34F2N8O/c1-15(2)39-16(3)34-27-21(30)11-18(12-24(27)39)26-22(31)13-33-29(37-26)36-25-6-5-17-14-38(8-7-23(17)35-25)28(40)19-9-20(10-19)32-4/h5-6,11,13,15,19-20,24,32H,7-10,12,14H2,1-4H3,(H,33,35,36,37). The van der Waals surface area contributed by atoms with Crippen LogP contribution in [0.2, 0.25) is 0 Å². The summed E-state index contributed by atoms with van der Waals surface area (Å²) in [7, 11) is 1.93. The largest absolute Gasteiger partial charge is 0.349 e. The summed E-state index contributed by atoms with van der Waals surface area (Å²) >= 11 is 0. The van der Waals surface area contributed by atoms with Crippen LogP contribution in [0, 0.1) is 11.7 Å². The number of rotatable bonds is 6. The van der Waals surface area contributed by atoms with Gasteiger partial charge in [-0.05, 0) is 63.9 Å². The Morgan fingerprint density at radius 1 is 1.18 bits per heavy atom. The Morgan fingerprint density at radius 2 is 1.98 bits per heavy atom. The molecule has 9 nitrogen and oxygen atoms in total. The molecule has 0 spiro atoms. The number of aliphatic imine (C=N–C) groups is 1. The zero-order chi connectivity index (χ0) is 28.1. The van der Waals surface area contributed by atoms with Gasteiger partial charge in [-0.3, -0.25) is 4.79 Å². The first-order chi connectivity index (χ1) is 19.2. The third-order valence-electron chi connectivity index (χ3n) is 8.37. The first kappa shape index (κ1) is 26.5. The summed E-state index contributed by atoms with van der Waals surface area (Å²) in [5.41, 5.74) is 2.84. The predicted octanol–water partition coefficient (Wildman–Crippen LogP) is 4.12. The number of carbonyl (C=O) groups is 1. The van der Waals surface area contributed by atoms with Crippen molar-refractivity contribution in [3.63, 3.8) is 0 Å². The van der Waals surface area contributed by atoms with Gasteiger partial charge in [-0.2, -0.15) is 0 Å². The molecule has 40 heavy (non-hydrogen) atoms. The molecular weight excluding hydrogens is 514 g/mol. The van der Waals surface area contributed by atoms with E-state index in [1.807, 2.05) is 44.9 Å². The molecule has 1 unspecified atom stereocenters. The van der Waals surface area contributed by atoms with Crippen molar-refractivity contribution in [1.29, 1.82) is 0 Å². The maximum Gasteiger partial charge on any atom is 0.229 e. The topological polar surface area (TPSA) is 98.6 Å². The predicted molar refractivity (Wildman–Crippen MR) is 149 cm³/mol. The number of anilines is 2. The summed E-state index contributed by atoms with van der Waals surface area (Å²) in [5, 5.41) is 6.31. The number of nitrogens with one attached hydrogen (secondary N) is 2. The number of halogens is 2. The van der Waals surface area contributed by atoms with Crippen LogP contribution in [0.15, 0.2) is 40.9 Å². The van der Waals surface area contributed by atoms with E-state index < -0.39 is 11.6 Å². The Bertz CT molecular complexity index is 1450. The van der Waals surface area contributed by atoms with Crippen LogP contribution in [-0.2, 0) is 17.8 Å². The highest BCUT2D eigenvalue weighted by Crippen LogP contribution is 2.39. The van der Waals surface area contributed by atoms with Crippen LogP contribution in [0.3, 0.4) is 0 Å². The lowest BCUT2D eigenvalue weighted by Crippen LogP contribution is -2.49. The van der Waals surface area contributed by atoms with Gasteiger partial charge in [0.2, 0.25) is 11.9 Å². The molecule has 0 radical (unpaired) electrons. The summed E-state index contributed by atoms with van der Waals surface area (Å²) in [6, 6.07) is 4.03. The second-order valence-corrected chi connectivity index (χ2v) is 11.3. The second kappa shape index (κ2) is 10.3. The normalized spacial score (nSPS) is 23.9. The molecule has 11 heteroatoms. The molecule has 0 saturated heterocycles. The Balaban J connectivity index is 1.17. The fraction of sp³-hybridized carbons (Fsp3) is 0.483. The number of hydrogen-bond acceptors (Lipinski definition) is 8. The van der Waals surface area contributed by atoms with Crippen LogP contribution in [-0.4, -0.2) is 68.2 Å². The van der Waals surface area contributed by atoms with E-state index in [0.29, 0.717) is 49.1 Å². The van der Waals surface area contributed by atoms with Crippen LogP contribution < -0.4 is 10.6 Å². The van der Waals surface area contributed by atoms with Crippen molar-refractivity contribution in [3.05, 3.63) is 58.7 Å². The van der Waals surface area contributed by atoms with E-state index in [0.717, 1.165) is 36.1 Å². The number of aromatic nitrogens is 3. The Hall–Kier alpha value is -3.73. The van der Waals surface area contributed by atoms with E-state index in [9.17, 15) is 9.18 Å². The lowest BCUT2D eigenvalue weighted by molar-refractivity contribution is -0.140. The zero-order valence-corrected chi connectivity index (χ0v) is 23.2. The van der Waals surface area contributed by atoms with Crippen molar-refractivity contribution in [1.82, 2.24) is 30.1 Å². The molecule has 6 rings (SSSR count). The fourth-order valence-corrected chi connectivity index (χ4v) is 6.22. The highest BCUT2D eigenvalue weighted by atomic mass is 19.1. The average Bonchev–Trinajstić information content (AvgIpc) is 3.25. The van der Waals surface area contributed by atoms with E-state index in [2.05, 4.69) is 30.5 Å². The van der Waals surface area contributed by atoms with Crippen molar-refractivity contribution in [3.8, 4) is 0 Å². The second-order valence-electron chi connectivity index (χ2n) is 11.3. The van der Waals surface area contributed by atoms with E-state index in [-0.39, 0.29) is 35.6 Å². The Labute approximate surface area is 232 Å². The lowest BCUT2D eigenvalue weighted by atomic mass is 9.79. The van der Waals surface area contributed by atoms with E-state index >= 15 is 4.39 Å². The highest BCUT2D eigenvalue weighted by molar-refractivity contribution is 5.86. The molecule has 2 aromatic heterocycles. The van der Waals surface area contributed by atoms with Crippen molar-refractivity contribution >= 4 is 29.1 Å². The van der Waals surface area contributed by atoms with Gasteiger partial charge in [0.05, 0.1) is 12.2 Å². The van der Waals surface area contributed by atoms with Crippen LogP contribution in [0.1, 0.15) is 57.0 Å². The van der Waals surface area contributed by atoms with Crippen molar-refractivity contribution in [2.75, 3.05) is 18.9 Å². The first-order valence-corrected chi connectivity index (χ1v) is 13.9. The molecule has 2 aliphatic carbocycles.